The van der Waals surface area contributed by atoms with Gasteiger partial charge in [0, 0.05) is 0 Å². The summed E-state index contributed by atoms with van der Waals surface area (Å²) in [5, 5.41) is 9.47. The number of fused-ring (bicyclic) bond motifs is 2. The van der Waals surface area contributed by atoms with E-state index in [1.807, 2.05) is 20.8 Å². The first kappa shape index (κ1) is 18.2. The molecule has 0 radical (unpaired) electrons. The first-order valence-corrected chi connectivity index (χ1v) is 9.05. The smallest absolute Gasteiger partial charge is 0.314 e. The summed E-state index contributed by atoms with van der Waals surface area (Å²) in [6, 6.07) is 4.41. The van der Waals surface area contributed by atoms with Crippen LogP contribution in [0.3, 0.4) is 0 Å². The number of carbonyl (C=O) groups excluding carboxylic acids is 1. The van der Waals surface area contributed by atoms with Crippen molar-refractivity contribution in [1.29, 1.82) is 0 Å². The Bertz CT molecular complexity index is 672. The summed E-state index contributed by atoms with van der Waals surface area (Å²) in [5.41, 5.74) is -0.666. The molecule has 4 atom stereocenters. The fraction of sp³-hybridized carbons (Fsp3) is 0.650. The van der Waals surface area contributed by atoms with Crippen molar-refractivity contribution in [2.75, 3.05) is 6.61 Å². The van der Waals surface area contributed by atoms with E-state index < -0.39 is 16.8 Å². The summed E-state index contributed by atoms with van der Waals surface area (Å²) < 4.78 is 25.7. The highest BCUT2D eigenvalue weighted by atomic mass is 19.1. The van der Waals surface area contributed by atoms with Crippen LogP contribution >= 0.6 is 0 Å². The summed E-state index contributed by atoms with van der Waals surface area (Å²) in [4.78, 5) is 12.8. The molecule has 1 heterocycles. The van der Waals surface area contributed by atoms with E-state index in [9.17, 15) is 14.3 Å². The third-order valence-corrected chi connectivity index (χ3v) is 6.27. The minimum atomic E-state index is -0.713. The molecule has 1 N–H and O–H groups in total. The number of rotatable bonds is 3. The van der Waals surface area contributed by atoms with Crippen molar-refractivity contribution in [3.8, 4) is 5.75 Å². The standard InChI is InChI=1S/C20H27FO4/c1-5-24-18(23)20-9-8-12(2)14(11-20)17(25-19(20,3)4)13-6-7-16(22)15(21)10-13/h6-7,10,12,14,17,22H,5,8-9,11H2,1-4H3. The van der Waals surface area contributed by atoms with E-state index in [2.05, 4.69) is 6.92 Å². The Morgan fingerprint density at radius 3 is 2.80 bits per heavy atom. The molecule has 5 heteroatoms. The van der Waals surface area contributed by atoms with Crippen molar-refractivity contribution in [1.82, 2.24) is 0 Å². The number of esters is 1. The minimum absolute atomic E-state index is 0.107. The molecule has 2 bridgehead atoms. The minimum Gasteiger partial charge on any atom is -0.505 e. The topological polar surface area (TPSA) is 55.8 Å². The Hall–Kier alpha value is -1.62. The number of halogens is 1. The number of benzene rings is 1. The average Bonchev–Trinajstić information content (AvgIpc) is 2.55. The number of phenols is 1. The monoisotopic (exact) mass is 350 g/mol. The van der Waals surface area contributed by atoms with Crippen LogP contribution in [0.15, 0.2) is 18.2 Å². The van der Waals surface area contributed by atoms with Gasteiger partial charge >= 0.3 is 5.97 Å². The van der Waals surface area contributed by atoms with E-state index in [1.165, 1.54) is 12.1 Å². The lowest BCUT2D eigenvalue weighted by molar-refractivity contribution is -0.247. The Labute approximate surface area is 148 Å². The van der Waals surface area contributed by atoms with Gasteiger partial charge in [-0.1, -0.05) is 13.0 Å². The van der Waals surface area contributed by atoms with Crippen LogP contribution in [0.5, 0.6) is 5.75 Å². The normalized spacial score (nSPS) is 33.7. The third kappa shape index (κ3) is 2.82. The molecule has 138 valence electrons. The van der Waals surface area contributed by atoms with Crippen LogP contribution < -0.4 is 0 Å². The van der Waals surface area contributed by atoms with E-state index in [0.29, 0.717) is 24.5 Å². The first-order chi connectivity index (χ1) is 11.7. The average molecular weight is 350 g/mol. The summed E-state index contributed by atoms with van der Waals surface area (Å²) >= 11 is 0. The molecular weight excluding hydrogens is 323 g/mol. The van der Waals surface area contributed by atoms with E-state index in [-0.39, 0.29) is 23.7 Å². The van der Waals surface area contributed by atoms with Gasteiger partial charge in [0.2, 0.25) is 0 Å². The SMILES string of the molecule is CCOC(=O)C12CCC(C)C(C1)C(c1ccc(O)c(F)c1)OC2(C)C. The summed E-state index contributed by atoms with van der Waals surface area (Å²) in [7, 11) is 0. The predicted octanol–water partition coefficient (Wildman–Crippen LogP) is 4.37. The van der Waals surface area contributed by atoms with Crippen LogP contribution in [0.1, 0.15) is 58.6 Å². The molecule has 1 aliphatic carbocycles. The van der Waals surface area contributed by atoms with Crippen LogP contribution in [0, 0.1) is 23.1 Å². The Balaban J connectivity index is 2.00. The molecule has 1 aromatic carbocycles. The van der Waals surface area contributed by atoms with Crippen molar-refractivity contribution in [3.63, 3.8) is 0 Å². The molecule has 2 fully saturated rings. The second-order valence-corrected chi connectivity index (χ2v) is 7.95. The summed E-state index contributed by atoms with van der Waals surface area (Å²) in [6.07, 6.45) is 2.02. The van der Waals surface area contributed by atoms with Crippen molar-refractivity contribution in [2.45, 2.75) is 58.7 Å². The lowest BCUT2D eigenvalue weighted by atomic mass is 9.55. The number of phenolic OH excluding ortho intramolecular Hbond substituents is 1. The van der Waals surface area contributed by atoms with E-state index >= 15 is 0 Å². The molecule has 1 saturated carbocycles. The maximum absolute atomic E-state index is 13.9. The maximum Gasteiger partial charge on any atom is 0.314 e. The molecular formula is C20H27FO4. The lowest BCUT2D eigenvalue weighted by Gasteiger charge is -2.57. The highest BCUT2D eigenvalue weighted by Crippen LogP contribution is 2.60. The zero-order valence-electron chi connectivity index (χ0n) is 15.3. The third-order valence-electron chi connectivity index (χ3n) is 6.27. The molecule has 0 aromatic heterocycles. The first-order valence-electron chi connectivity index (χ1n) is 9.05. The number of carbonyl (C=O) groups is 1. The van der Waals surface area contributed by atoms with Gasteiger partial charge in [-0.25, -0.2) is 4.39 Å². The molecule has 2 aliphatic rings. The molecule has 1 aromatic rings. The maximum atomic E-state index is 13.9. The molecule has 4 nitrogen and oxygen atoms in total. The van der Waals surface area contributed by atoms with E-state index in [0.717, 1.165) is 12.8 Å². The zero-order valence-corrected chi connectivity index (χ0v) is 15.3. The highest BCUT2D eigenvalue weighted by Gasteiger charge is 2.62. The second kappa shape index (κ2) is 6.27. The van der Waals surface area contributed by atoms with Crippen LogP contribution in [-0.4, -0.2) is 23.3 Å². The predicted molar refractivity (Wildman–Crippen MR) is 91.5 cm³/mol. The van der Waals surface area contributed by atoms with E-state index in [1.54, 1.807) is 6.07 Å². The number of aromatic hydroxyl groups is 1. The highest BCUT2D eigenvalue weighted by molar-refractivity contribution is 5.79. The van der Waals surface area contributed by atoms with Crippen molar-refractivity contribution < 1.29 is 23.8 Å². The molecule has 4 unspecified atom stereocenters. The Kier molecular flexibility index (Phi) is 4.56. The van der Waals surface area contributed by atoms with Gasteiger partial charge in [-0.05, 0) is 69.6 Å². The number of hydrogen-bond acceptors (Lipinski definition) is 4. The van der Waals surface area contributed by atoms with Gasteiger partial charge < -0.3 is 14.6 Å². The summed E-state index contributed by atoms with van der Waals surface area (Å²) in [5.74, 6) is -0.733. The fourth-order valence-electron chi connectivity index (χ4n) is 4.58. The van der Waals surface area contributed by atoms with Gasteiger partial charge in [0.05, 0.1) is 23.7 Å². The van der Waals surface area contributed by atoms with Crippen LogP contribution in [-0.2, 0) is 14.3 Å². The van der Waals surface area contributed by atoms with Crippen molar-refractivity contribution in [2.24, 2.45) is 17.3 Å². The summed E-state index contributed by atoms with van der Waals surface area (Å²) in [6.45, 7) is 8.19. The van der Waals surface area contributed by atoms with Gasteiger partial charge in [-0.3, -0.25) is 4.79 Å². The molecule has 0 amide bonds. The van der Waals surface area contributed by atoms with Crippen molar-refractivity contribution >= 4 is 5.97 Å². The van der Waals surface area contributed by atoms with Crippen LogP contribution in [0.25, 0.3) is 0 Å². The Morgan fingerprint density at radius 2 is 2.16 bits per heavy atom. The van der Waals surface area contributed by atoms with E-state index in [4.69, 9.17) is 9.47 Å². The second-order valence-electron chi connectivity index (χ2n) is 7.95. The quantitative estimate of drug-likeness (QED) is 0.823. The molecule has 3 rings (SSSR count). The van der Waals surface area contributed by atoms with Gasteiger partial charge in [0.15, 0.2) is 11.6 Å². The molecule has 1 saturated heterocycles. The van der Waals surface area contributed by atoms with Crippen LogP contribution in [0.4, 0.5) is 4.39 Å². The largest absolute Gasteiger partial charge is 0.505 e. The molecule has 0 spiro atoms. The fourth-order valence-corrected chi connectivity index (χ4v) is 4.58. The van der Waals surface area contributed by atoms with Gasteiger partial charge in [-0.2, -0.15) is 0 Å². The van der Waals surface area contributed by atoms with Gasteiger partial charge in [-0.15, -0.1) is 0 Å². The lowest BCUT2D eigenvalue weighted by Crippen LogP contribution is -2.60. The zero-order chi connectivity index (χ0) is 18.4. The number of ether oxygens (including phenoxy) is 2. The van der Waals surface area contributed by atoms with Gasteiger partial charge in [0.1, 0.15) is 0 Å². The van der Waals surface area contributed by atoms with Crippen LogP contribution in [0.2, 0.25) is 0 Å². The molecule has 25 heavy (non-hydrogen) atoms. The van der Waals surface area contributed by atoms with Gasteiger partial charge in [0.25, 0.3) is 0 Å². The number of hydrogen-bond donors (Lipinski definition) is 1. The van der Waals surface area contributed by atoms with Crippen molar-refractivity contribution in [3.05, 3.63) is 29.6 Å². The molecule has 1 aliphatic heterocycles. The Morgan fingerprint density at radius 1 is 1.44 bits per heavy atom.